The molecule has 2 N–H and O–H groups in total. The standard InChI is InChI=1S/C11H14N2O2/c1-7-3-4-9-10(5-7)15-13-11(9)14-6-8(2)12/h3-5,8H,6,12H2,1-2H3. The van der Waals surface area contributed by atoms with E-state index in [2.05, 4.69) is 5.16 Å². The molecule has 4 nitrogen and oxygen atoms in total. The summed E-state index contributed by atoms with van der Waals surface area (Å²) in [6.45, 7) is 4.33. The second kappa shape index (κ2) is 3.90. The molecule has 15 heavy (non-hydrogen) atoms. The molecule has 0 amide bonds. The number of fused-ring (bicyclic) bond motifs is 1. The number of benzene rings is 1. The molecule has 0 aliphatic carbocycles. The van der Waals surface area contributed by atoms with Crippen molar-refractivity contribution in [1.82, 2.24) is 5.16 Å². The lowest BCUT2D eigenvalue weighted by molar-refractivity contribution is 0.268. The molecule has 0 aliphatic heterocycles. The van der Waals surface area contributed by atoms with Gasteiger partial charge in [-0.2, -0.15) is 0 Å². The van der Waals surface area contributed by atoms with Crippen molar-refractivity contribution in [2.24, 2.45) is 5.73 Å². The molecule has 1 aromatic carbocycles. The van der Waals surface area contributed by atoms with Gasteiger partial charge < -0.3 is 15.0 Å². The topological polar surface area (TPSA) is 61.3 Å². The summed E-state index contributed by atoms with van der Waals surface area (Å²) in [6, 6.07) is 5.86. The Morgan fingerprint density at radius 2 is 2.33 bits per heavy atom. The van der Waals surface area contributed by atoms with E-state index >= 15 is 0 Å². The Labute approximate surface area is 88.0 Å². The third-order valence-corrected chi connectivity index (χ3v) is 2.08. The van der Waals surface area contributed by atoms with E-state index in [0.29, 0.717) is 12.5 Å². The van der Waals surface area contributed by atoms with Crippen molar-refractivity contribution in [2.75, 3.05) is 6.61 Å². The second-order valence-corrected chi connectivity index (χ2v) is 3.78. The molecule has 0 saturated carbocycles. The molecule has 2 aromatic rings. The van der Waals surface area contributed by atoms with Gasteiger partial charge in [-0.25, -0.2) is 0 Å². The largest absolute Gasteiger partial charge is 0.473 e. The number of aromatic nitrogens is 1. The van der Waals surface area contributed by atoms with Crippen LogP contribution in [0.2, 0.25) is 0 Å². The molecule has 0 fully saturated rings. The number of rotatable bonds is 3. The van der Waals surface area contributed by atoms with E-state index in [1.807, 2.05) is 32.0 Å². The van der Waals surface area contributed by atoms with Crippen LogP contribution >= 0.6 is 0 Å². The zero-order valence-corrected chi connectivity index (χ0v) is 8.86. The van der Waals surface area contributed by atoms with E-state index in [0.717, 1.165) is 16.5 Å². The predicted molar refractivity (Wildman–Crippen MR) is 57.9 cm³/mol. The monoisotopic (exact) mass is 206 g/mol. The fraction of sp³-hybridized carbons (Fsp3) is 0.364. The second-order valence-electron chi connectivity index (χ2n) is 3.78. The average molecular weight is 206 g/mol. The molecule has 1 atom stereocenters. The van der Waals surface area contributed by atoms with Crippen molar-refractivity contribution in [3.63, 3.8) is 0 Å². The third-order valence-electron chi connectivity index (χ3n) is 2.08. The zero-order chi connectivity index (χ0) is 10.8. The van der Waals surface area contributed by atoms with Gasteiger partial charge in [-0.1, -0.05) is 6.07 Å². The molecule has 0 radical (unpaired) electrons. The van der Waals surface area contributed by atoms with Crippen LogP contribution in [-0.2, 0) is 0 Å². The lowest BCUT2D eigenvalue weighted by Gasteiger charge is -2.04. The van der Waals surface area contributed by atoms with Crippen LogP contribution in [0.15, 0.2) is 22.7 Å². The van der Waals surface area contributed by atoms with Gasteiger partial charge in [0.15, 0.2) is 5.58 Å². The van der Waals surface area contributed by atoms with Crippen molar-refractivity contribution >= 4 is 11.0 Å². The van der Waals surface area contributed by atoms with Gasteiger partial charge in [0.25, 0.3) is 5.88 Å². The summed E-state index contributed by atoms with van der Waals surface area (Å²) in [4.78, 5) is 0. The molecule has 1 aromatic heterocycles. The maximum absolute atomic E-state index is 5.59. The smallest absolute Gasteiger partial charge is 0.262 e. The highest BCUT2D eigenvalue weighted by Crippen LogP contribution is 2.25. The van der Waals surface area contributed by atoms with Crippen molar-refractivity contribution in [2.45, 2.75) is 19.9 Å². The van der Waals surface area contributed by atoms with Gasteiger partial charge in [-0.3, -0.25) is 0 Å². The van der Waals surface area contributed by atoms with Gasteiger partial charge in [0.05, 0.1) is 5.39 Å². The number of nitrogens with zero attached hydrogens (tertiary/aromatic N) is 1. The maximum atomic E-state index is 5.59. The Kier molecular flexibility index (Phi) is 2.60. The van der Waals surface area contributed by atoms with Gasteiger partial charge in [0, 0.05) is 6.04 Å². The van der Waals surface area contributed by atoms with Crippen LogP contribution < -0.4 is 10.5 Å². The van der Waals surface area contributed by atoms with Crippen molar-refractivity contribution in [1.29, 1.82) is 0 Å². The first-order valence-corrected chi connectivity index (χ1v) is 4.91. The Bertz CT molecular complexity index is 463. The minimum absolute atomic E-state index is 0.0119. The van der Waals surface area contributed by atoms with Gasteiger partial charge in [0.2, 0.25) is 0 Å². The molecular formula is C11H14N2O2. The summed E-state index contributed by atoms with van der Waals surface area (Å²) in [6.07, 6.45) is 0. The van der Waals surface area contributed by atoms with E-state index in [1.54, 1.807) is 0 Å². The Morgan fingerprint density at radius 3 is 3.07 bits per heavy atom. The van der Waals surface area contributed by atoms with E-state index in [4.69, 9.17) is 15.0 Å². The molecule has 4 heteroatoms. The first-order valence-electron chi connectivity index (χ1n) is 4.91. The highest BCUT2D eigenvalue weighted by atomic mass is 16.5. The van der Waals surface area contributed by atoms with Crippen LogP contribution in [0.3, 0.4) is 0 Å². The fourth-order valence-corrected chi connectivity index (χ4v) is 1.34. The number of hydrogen-bond donors (Lipinski definition) is 1. The Balaban J connectivity index is 2.29. The number of nitrogens with two attached hydrogens (primary N) is 1. The van der Waals surface area contributed by atoms with Gasteiger partial charge in [-0.05, 0) is 36.7 Å². The lowest BCUT2D eigenvalue weighted by atomic mass is 10.2. The van der Waals surface area contributed by atoms with Crippen LogP contribution in [0.5, 0.6) is 5.88 Å². The van der Waals surface area contributed by atoms with Crippen LogP contribution in [0.25, 0.3) is 11.0 Å². The van der Waals surface area contributed by atoms with Crippen molar-refractivity contribution in [3.05, 3.63) is 23.8 Å². The van der Waals surface area contributed by atoms with Crippen molar-refractivity contribution in [3.8, 4) is 5.88 Å². The van der Waals surface area contributed by atoms with E-state index in [1.165, 1.54) is 0 Å². The highest BCUT2D eigenvalue weighted by Gasteiger charge is 2.09. The first-order chi connectivity index (χ1) is 7.16. The minimum atomic E-state index is -0.0119. The summed E-state index contributed by atoms with van der Waals surface area (Å²) in [5.41, 5.74) is 7.48. The van der Waals surface area contributed by atoms with Crippen LogP contribution in [0.1, 0.15) is 12.5 Å². The first kappa shape index (κ1) is 9.98. The minimum Gasteiger partial charge on any atom is -0.473 e. The Morgan fingerprint density at radius 1 is 1.53 bits per heavy atom. The van der Waals surface area contributed by atoms with Crippen LogP contribution in [-0.4, -0.2) is 17.8 Å². The number of ether oxygens (including phenoxy) is 1. The molecule has 1 heterocycles. The zero-order valence-electron chi connectivity index (χ0n) is 8.86. The predicted octanol–water partition coefficient (Wildman–Crippen LogP) is 1.86. The third kappa shape index (κ3) is 2.10. The normalized spacial score (nSPS) is 13.0. The average Bonchev–Trinajstić information content (AvgIpc) is 2.57. The quantitative estimate of drug-likeness (QED) is 0.832. The van der Waals surface area contributed by atoms with Gasteiger partial charge in [-0.15, -0.1) is 0 Å². The Hall–Kier alpha value is -1.55. The lowest BCUT2D eigenvalue weighted by Crippen LogP contribution is -2.23. The van der Waals surface area contributed by atoms with E-state index in [-0.39, 0.29) is 6.04 Å². The summed E-state index contributed by atoms with van der Waals surface area (Å²) < 4.78 is 10.6. The summed E-state index contributed by atoms with van der Waals surface area (Å²) in [5.74, 6) is 0.516. The van der Waals surface area contributed by atoms with E-state index in [9.17, 15) is 0 Å². The summed E-state index contributed by atoms with van der Waals surface area (Å²) in [7, 11) is 0. The van der Waals surface area contributed by atoms with Crippen molar-refractivity contribution < 1.29 is 9.26 Å². The molecule has 1 unspecified atom stereocenters. The molecule has 0 bridgehead atoms. The summed E-state index contributed by atoms with van der Waals surface area (Å²) >= 11 is 0. The molecule has 0 saturated heterocycles. The molecule has 2 rings (SSSR count). The molecule has 0 spiro atoms. The summed E-state index contributed by atoms with van der Waals surface area (Å²) in [5, 5.41) is 4.75. The van der Waals surface area contributed by atoms with Crippen LogP contribution in [0.4, 0.5) is 0 Å². The molecule has 80 valence electrons. The molecule has 0 aliphatic rings. The fourth-order valence-electron chi connectivity index (χ4n) is 1.34. The van der Waals surface area contributed by atoms with E-state index < -0.39 is 0 Å². The van der Waals surface area contributed by atoms with Gasteiger partial charge in [0.1, 0.15) is 6.61 Å². The molecular weight excluding hydrogens is 192 g/mol. The van der Waals surface area contributed by atoms with Crippen LogP contribution in [0, 0.1) is 6.92 Å². The number of aryl methyl sites for hydroxylation is 1. The van der Waals surface area contributed by atoms with Gasteiger partial charge >= 0.3 is 0 Å². The highest BCUT2D eigenvalue weighted by molar-refractivity contribution is 5.82. The maximum Gasteiger partial charge on any atom is 0.262 e. The number of hydrogen-bond acceptors (Lipinski definition) is 4. The SMILES string of the molecule is Cc1ccc2c(OCC(C)N)noc2c1.